The standard InChI is InChI=1S/C33H29N2O2.BF4/c1-4-35-30-20-17-24-9-5-6-11-29(24)33(30)37-32(35)22-27-21-25(28-10-7-8-12-31(28)36-27)16-13-23-14-18-26(19-15-23)34(2)3;2-1(3,4)5/h5-22H,4H2,1-3H3;/q+1;-1. The van der Waals surface area contributed by atoms with E-state index in [1.54, 1.807) is 0 Å². The number of para-hydroxylation sites is 1. The van der Waals surface area contributed by atoms with Gasteiger partial charge in [0.05, 0.1) is 6.08 Å². The highest BCUT2D eigenvalue weighted by Gasteiger charge is 2.24. The van der Waals surface area contributed by atoms with Crippen LogP contribution in [0.1, 0.15) is 23.9 Å². The van der Waals surface area contributed by atoms with Crippen molar-refractivity contribution in [2.24, 2.45) is 0 Å². The fourth-order valence-corrected chi connectivity index (χ4v) is 4.85. The maximum Gasteiger partial charge on any atom is 0.673 e. The first kappa shape index (κ1) is 28.7. The SMILES string of the molecule is CC[n+]1c(C=C2C=C(C=Cc3ccc(N(C)C)cc3)c3ccccc3O2)oc2c3ccccc3ccc21.F[B-](F)(F)F. The molecular weight excluding hydrogens is 543 g/mol. The van der Waals surface area contributed by atoms with Crippen LogP contribution in [-0.4, -0.2) is 21.3 Å². The van der Waals surface area contributed by atoms with Crippen LogP contribution >= 0.6 is 0 Å². The molecule has 0 saturated heterocycles. The summed E-state index contributed by atoms with van der Waals surface area (Å²) in [6.45, 7) is 2.93. The quantitative estimate of drug-likeness (QED) is 0.120. The number of halogens is 4. The second-order valence-corrected chi connectivity index (χ2v) is 9.88. The van der Waals surface area contributed by atoms with E-state index in [0.29, 0.717) is 0 Å². The number of hydrogen-bond acceptors (Lipinski definition) is 3. The predicted molar refractivity (Wildman–Crippen MR) is 163 cm³/mol. The van der Waals surface area contributed by atoms with E-state index in [2.05, 4.69) is 115 Å². The molecule has 0 spiro atoms. The number of benzene rings is 4. The lowest BCUT2D eigenvalue weighted by Gasteiger charge is -2.18. The Kier molecular flexibility index (Phi) is 8.20. The summed E-state index contributed by atoms with van der Waals surface area (Å²) in [5.41, 5.74) is 6.46. The van der Waals surface area contributed by atoms with Crippen LogP contribution in [0, 0.1) is 0 Å². The summed E-state index contributed by atoms with van der Waals surface area (Å²) in [6.07, 6.45) is 8.37. The summed E-state index contributed by atoms with van der Waals surface area (Å²) < 4.78 is 53.9. The maximum atomic E-state index is 9.75. The fraction of sp³-hybridized carbons (Fsp3) is 0.121. The third-order valence-corrected chi connectivity index (χ3v) is 6.79. The number of hydrogen-bond donors (Lipinski definition) is 0. The Morgan fingerprint density at radius 2 is 1.52 bits per heavy atom. The van der Waals surface area contributed by atoms with Crippen LogP contribution in [0.5, 0.6) is 5.75 Å². The van der Waals surface area contributed by atoms with Gasteiger partial charge in [-0.1, -0.05) is 66.7 Å². The number of allylic oxidation sites excluding steroid dienone is 3. The van der Waals surface area contributed by atoms with Crippen LogP contribution < -0.4 is 14.2 Å². The van der Waals surface area contributed by atoms with Crippen molar-refractivity contribution in [3.8, 4) is 5.75 Å². The van der Waals surface area contributed by atoms with Crippen molar-refractivity contribution in [2.75, 3.05) is 19.0 Å². The number of rotatable bonds is 5. The van der Waals surface area contributed by atoms with E-state index in [9.17, 15) is 17.3 Å². The molecule has 4 nitrogen and oxygen atoms in total. The molecular formula is C33H29BF4N2O2. The largest absolute Gasteiger partial charge is 0.673 e. The van der Waals surface area contributed by atoms with Crippen LogP contribution in [0.3, 0.4) is 0 Å². The molecule has 4 aromatic carbocycles. The van der Waals surface area contributed by atoms with Gasteiger partial charge >= 0.3 is 13.1 Å². The van der Waals surface area contributed by atoms with E-state index >= 15 is 0 Å². The Hall–Kier alpha value is -4.79. The van der Waals surface area contributed by atoms with Crippen molar-refractivity contribution in [2.45, 2.75) is 13.5 Å². The van der Waals surface area contributed by atoms with E-state index in [4.69, 9.17) is 9.15 Å². The molecule has 6 rings (SSSR count). The summed E-state index contributed by atoms with van der Waals surface area (Å²) in [7, 11) is -1.90. The maximum absolute atomic E-state index is 9.75. The van der Waals surface area contributed by atoms with Gasteiger partial charge in [-0.3, -0.25) is 0 Å². The first-order valence-corrected chi connectivity index (χ1v) is 13.5. The number of nitrogens with zero attached hydrogens (tertiary/aromatic N) is 2. The van der Waals surface area contributed by atoms with Crippen molar-refractivity contribution >= 4 is 52.5 Å². The van der Waals surface area contributed by atoms with E-state index in [-0.39, 0.29) is 0 Å². The summed E-state index contributed by atoms with van der Waals surface area (Å²) in [6, 6.07) is 29.3. The lowest BCUT2D eigenvalue weighted by molar-refractivity contribution is -0.674. The number of fused-ring (bicyclic) bond motifs is 4. The molecule has 1 aromatic heterocycles. The Balaban J connectivity index is 0.000000652. The molecule has 0 atom stereocenters. The summed E-state index contributed by atoms with van der Waals surface area (Å²) in [4.78, 5) is 2.10. The van der Waals surface area contributed by atoms with Gasteiger partial charge in [0.15, 0.2) is 0 Å². The van der Waals surface area contributed by atoms with E-state index in [0.717, 1.165) is 57.1 Å². The van der Waals surface area contributed by atoms with Gasteiger partial charge < -0.3 is 31.3 Å². The Bertz CT molecular complexity index is 1810. The number of ether oxygens (including phenoxy) is 1. The molecule has 1 aliphatic heterocycles. The minimum atomic E-state index is -6.00. The second kappa shape index (κ2) is 12.0. The van der Waals surface area contributed by atoms with Gasteiger partial charge in [0, 0.05) is 36.8 Å². The zero-order valence-corrected chi connectivity index (χ0v) is 23.4. The zero-order chi connectivity index (χ0) is 29.9. The number of anilines is 1. The molecule has 0 amide bonds. The van der Waals surface area contributed by atoms with Crippen molar-refractivity contribution in [1.82, 2.24) is 0 Å². The van der Waals surface area contributed by atoms with Crippen LogP contribution in [0.15, 0.2) is 107 Å². The first-order chi connectivity index (χ1) is 20.1. The Morgan fingerprint density at radius 1 is 0.833 bits per heavy atom. The molecule has 1 aliphatic rings. The highest BCUT2D eigenvalue weighted by atomic mass is 19.5. The average molecular weight is 572 g/mol. The fourth-order valence-electron chi connectivity index (χ4n) is 4.85. The normalized spacial score (nSPS) is 14.0. The third-order valence-electron chi connectivity index (χ3n) is 6.79. The topological polar surface area (TPSA) is 29.5 Å². The van der Waals surface area contributed by atoms with Gasteiger partial charge in [0.1, 0.15) is 18.1 Å². The minimum Gasteiger partial charge on any atom is -0.456 e. The highest BCUT2D eigenvalue weighted by molar-refractivity contribution is 6.50. The first-order valence-electron chi connectivity index (χ1n) is 13.5. The molecule has 214 valence electrons. The lowest BCUT2D eigenvalue weighted by atomic mass is 10.00. The van der Waals surface area contributed by atoms with Crippen LogP contribution in [-0.2, 0) is 6.54 Å². The highest BCUT2D eigenvalue weighted by Crippen LogP contribution is 2.35. The predicted octanol–water partition coefficient (Wildman–Crippen LogP) is 8.79. The van der Waals surface area contributed by atoms with Crippen LogP contribution in [0.2, 0.25) is 0 Å². The lowest BCUT2D eigenvalue weighted by Crippen LogP contribution is -2.33. The monoisotopic (exact) mass is 572 g/mol. The van der Waals surface area contributed by atoms with Crippen molar-refractivity contribution < 1.29 is 31.0 Å². The second-order valence-electron chi connectivity index (χ2n) is 9.88. The molecule has 42 heavy (non-hydrogen) atoms. The van der Waals surface area contributed by atoms with Crippen LogP contribution in [0.25, 0.3) is 39.6 Å². The van der Waals surface area contributed by atoms with E-state index in [1.807, 2.05) is 24.3 Å². The average Bonchev–Trinajstić information content (AvgIpc) is 3.32. The van der Waals surface area contributed by atoms with Crippen molar-refractivity contribution in [3.05, 3.63) is 120 Å². The van der Waals surface area contributed by atoms with Gasteiger partial charge in [-0.15, -0.1) is 0 Å². The molecule has 0 bridgehead atoms. The van der Waals surface area contributed by atoms with Gasteiger partial charge in [0.25, 0.3) is 5.52 Å². The molecule has 0 fully saturated rings. The smallest absolute Gasteiger partial charge is 0.456 e. The summed E-state index contributed by atoms with van der Waals surface area (Å²) in [5, 5.41) is 2.28. The molecule has 0 unspecified atom stereocenters. The van der Waals surface area contributed by atoms with Gasteiger partial charge in [-0.25, -0.2) is 0 Å². The minimum absolute atomic E-state index is 0.742. The summed E-state index contributed by atoms with van der Waals surface area (Å²) in [5.74, 6) is 2.34. The van der Waals surface area contributed by atoms with E-state index < -0.39 is 7.25 Å². The van der Waals surface area contributed by atoms with Gasteiger partial charge in [-0.05, 0) is 53.8 Å². The van der Waals surface area contributed by atoms with Crippen molar-refractivity contribution in [3.63, 3.8) is 0 Å². The molecule has 0 N–H and O–H groups in total. The molecule has 0 saturated carbocycles. The molecule has 9 heteroatoms. The summed E-state index contributed by atoms with van der Waals surface area (Å²) >= 11 is 0. The Morgan fingerprint density at radius 3 is 2.24 bits per heavy atom. The third kappa shape index (κ3) is 6.57. The number of aryl methyl sites for hydroxylation is 1. The Labute approximate surface area is 241 Å². The van der Waals surface area contributed by atoms with Gasteiger partial charge in [-0.2, -0.15) is 4.57 Å². The molecule has 5 aromatic rings. The molecule has 0 aliphatic carbocycles. The molecule has 2 heterocycles. The van der Waals surface area contributed by atoms with E-state index in [1.165, 1.54) is 11.1 Å². The van der Waals surface area contributed by atoms with Crippen molar-refractivity contribution in [1.29, 1.82) is 0 Å². The van der Waals surface area contributed by atoms with Gasteiger partial charge in [0.2, 0.25) is 5.58 Å². The van der Waals surface area contributed by atoms with Crippen LogP contribution in [0.4, 0.5) is 23.0 Å². The number of oxazole rings is 1. The zero-order valence-electron chi connectivity index (χ0n) is 23.4. The number of aromatic nitrogens is 1. The molecule has 0 radical (unpaired) electrons.